The van der Waals surface area contributed by atoms with Crippen LogP contribution < -0.4 is 21.4 Å². The van der Waals surface area contributed by atoms with E-state index in [4.69, 9.17) is 4.74 Å². The summed E-state index contributed by atoms with van der Waals surface area (Å²) in [5.41, 5.74) is 0.933. The molecule has 0 saturated carbocycles. The average molecular weight is 394 g/mol. The Morgan fingerprint density at radius 2 is 2.26 bits per heavy atom. The Morgan fingerprint density at radius 3 is 2.93 bits per heavy atom. The second-order valence-corrected chi connectivity index (χ2v) is 5.78. The number of nitro benzene ring substituents is 1. The van der Waals surface area contributed by atoms with Crippen LogP contribution in [-0.4, -0.2) is 44.6 Å². The molecule has 0 aliphatic carbocycles. The van der Waals surface area contributed by atoms with Crippen molar-refractivity contribution in [1.29, 1.82) is 0 Å². The summed E-state index contributed by atoms with van der Waals surface area (Å²) in [6.45, 7) is 2.00. The molecule has 0 spiro atoms. The van der Waals surface area contributed by atoms with Gasteiger partial charge in [0.05, 0.1) is 23.5 Å². The molecule has 0 radical (unpaired) electrons. The zero-order valence-electron chi connectivity index (χ0n) is 13.9. The number of nitrogens with one attached hydrogen (secondary N) is 3. The number of ether oxygens (including phenoxy) is 1. The van der Waals surface area contributed by atoms with Crippen molar-refractivity contribution in [3.63, 3.8) is 0 Å². The van der Waals surface area contributed by atoms with Crippen LogP contribution in [0, 0.1) is 10.1 Å². The number of carbonyl (C=O) groups excluding carboxylic acids is 1. The van der Waals surface area contributed by atoms with Crippen molar-refractivity contribution in [2.45, 2.75) is 11.9 Å². The molecule has 0 fully saturated rings. The van der Waals surface area contributed by atoms with Crippen LogP contribution in [0.15, 0.2) is 37.9 Å². The van der Waals surface area contributed by atoms with Gasteiger partial charge in [0, 0.05) is 11.6 Å². The molecular weight excluding hydrogens is 380 g/mol. The first-order chi connectivity index (χ1) is 12.9. The number of thioether (sulfide) groups is 1. The monoisotopic (exact) mass is 394 g/mol. The van der Waals surface area contributed by atoms with Gasteiger partial charge in [0.25, 0.3) is 5.56 Å². The van der Waals surface area contributed by atoms with Crippen LogP contribution in [0.25, 0.3) is 0 Å². The van der Waals surface area contributed by atoms with Gasteiger partial charge in [0.15, 0.2) is 10.8 Å². The molecule has 142 valence electrons. The minimum absolute atomic E-state index is 0.0733. The van der Waals surface area contributed by atoms with Gasteiger partial charge in [0.1, 0.15) is 0 Å². The first kappa shape index (κ1) is 19.8. The fourth-order valence-corrected chi connectivity index (χ4v) is 2.44. The summed E-state index contributed by atoms with van der Waals surface area (Å²) >= 11 is 0.807. The van der Waals surface area contributed by atoms with Crippen LogP contribution in [0.1, 0.15) is 12.5 Å². The lowest BCUT2D eigenvalue weighted by molar-refractivity contribution is -0.385. The van der Waals surface area contributed by atoms with Gasteiger partial charge in [-0.2, -0.15) is 10.2 Å². The van der Waals surface area contributed by atoms with Gasteiger partial charge >= 0.3 is 11.4 Å². The molecule has 1 aromatic carbocycles. The Labute approximate surface area is 155 Å². The van der Waals surface area contributed by atoms with Crippen molar-refractivity contribution in [2.24, 2.45) is 5.10 Å². The van der Waals surface area contributed by atoms with Crippen molar-refractivity contribution in [2.75, 3.05) is 12.4 Å². The number of carbonyl (C=O) groups is 1. The summed E-state index contributed by atoms with van der Waals surface area (Å²) in [4.78, 5) is 46.4. The first-order valence-electron chi connectivity index (χ1n) is 7.45. The van der Waals surface area contributed by atoms with Crippen LogP contribution in [0.2, 0.25) is 0 Å². The molecule has 3 N–H and O–H groups in total. The minimum Gasteiger partial charge on any atom is -0.487 e. The molecule has 0 aliphatic rings. The Bertz CT molecular complexity index is 985. The van der Waals surface area contributed by atoms with E-state index in [2.05, 4.69) is 15.6 Å². The van der Waals surface area contributed by atoms with Gasteiger partial charge in [-0.3, -0.25) is 24.7 Å². The fourth-order valence-electron chi connectivity index (χ4n) is 1.81. The zero-order chi connectivity index (χ0) is 19.8. The lowest BCUT2D eigenvalue weighted by Gasteiger charge is -2.04. The molecule has 2 aromatic rings. The fraction of sp³-hybridized carbons (Fsp3) is 0.214. The molecule has 13 heteroatoms. The summed E-state index contributed by atoms with van der Waals surface area (Å²) in [6.07, 6.45) is 1.23. The third kappa shape index (κ3) is 5.78. The molecule has 1 aromatic heterocycles. The SMILES string of the molecule is CCOc1ccc(/C=N/NC(=O)CSc2n[nH]c(=O)[nH]c2=O)cc1[N+](=O)[O-]. The predicted molar refractivity (Wildman–Crippen MR) is 96.2 cm³/mol. The summed E-state index contributed by atoms with van der Waals surface area (Å²) < 4.78 is 5.17. The molecule has 0 bridgehead atoms. The highest BCUT2D eigenvalue weighted by Gasteiger charge is 2.15. The van der Waals surface area contributed by atoms with E-state index in [1.54, 1.807) is 13.0 Å². The number of nitro groups is 1. The molecule has 0 aliphatic heterocycles. The van der Waals surface area contributed by atoms with Crippen molar-refractivity contribution < 1.29 is 14.5 Å². The summed E-state index contributed by atoms with van der Waals surface area (Å²) in [7, 11) is 0. The average Bonchev–Trinajstić information content (AvgIpc) is 2.62. The number of benzene rings is 1. The smallest absolute Gasteiger partial charge is 0.342 e. The van der Waals surface area contributed by atoms with Crippen LogP contribution in [0.5, 0.6) is 5.75 Å². The second-order valence-electron chi connectivity index (χ2n) is 4.81. The predicted octanol–water partition coefficient (Wildman–Crippen LogP) is 0.00750. The molecule has 27 heavy (non-hydrogen) atoms. The maximum atomic E-state index is 11.7. The Kier molecular flexibility index (Phi) is 6.82. The topological polar surface area (TPSA) is 172 Å². The third-order valence-electron chi connectivity index (χ3n) is 2.90. The number of H-pyrrole nitrogens is 2. The highest BCUT2D eigenvalue weighted by atomic mass is 32.2. The number of aromatic amines is 2. The molecule has 0 atom stereocenters. The lowest BCUT2D eigenvalue weighted by Crippen LogP contribution is -2.26. The Morgan fingerprint density at radius 1 is 1.48 bits per heavy atom. The number of aromatic nitrogens is 3. The number of hydrazone groups is 1. The molecule has 2 rings (SSSR count). The first-order valence-corrected chi connectivity index (χ1v) is 8.44. The van der Waals surface area contributed by atoms with E-state index in [1.165, 1.54) is 18.3 Å². The van der Waals surface area contributed by atoms with E-state index in [0.29, 0.717) is 5.56 Å². The highest BCUT2D eigenvalue weighted by Crippen LogP contribution is 2.27. The van der Waals surface area contributed by atoms with Crippen molar-refractivity contribution in [1.82, 2.24) is 20.6 Å². The quantitative estimate of drug-likeness (QED) is 0.243. The minimum atomic E-state index is -0.747. The highest BCUT2D eigenvalue weighted by molar-refractivity contribution is 7.99. The molecule has 12 nitrogen and oxygen atoms in total. The normalized spacial score (nSPS) is 10.7. The van der Waals surface area contributed by atoms with Gasteiger partial charge in [0.2, 0.25) is 5.91 Å². The molecule has 0 unspecified atom stereocenters. The number of amides is 1. The van der Waals surface area contributed by atoms with E-state index in [1.807, 2.05) is 10.1 Å². The van der Waals surface area contributed by atoms with Crippen molar-refractivity contribution >= 4 is 29.6 Å². The van der Waals surface area contributed by atoms with E-state index in [0.717, 1.165) is 11.8 Å². The zero-order valence-corrected chi connectivity index (χ0v) is 14.7. The molecule has 1 heterocycles. The maximum absolute atomic E-state index is 11.7. The van der Waals surface area contributed by atoms with Gasteiger partial charge < -0.3 is 4.74 Å². The second kappa shape index (κ2) is 9.28. The van der Waals surface area contributed by atoms with Crippen LogP contribution in [0.4, 0.5) is 5.69 Å². The van der Waals surface area contributed by atoms with Crippen molar-refractivity contribution in [3.8, 4) is 5.75 Å². The van der Waals surface area contributed by atoms with E-state index >= 15 is 0 Å². The van der Waals surface area contributed by atoms with E-state index in [-0.39, 0.29) is 28.8 Å². The van der Waals surface area contributed by atoms with E-state index < -0.39 is 22.1 Å². The van der Waals surface area contributed by atoms with Crippen LogP contribution >= 0.6 is 11.8 Å². The van der Waals surface area contributed by atoms with Crippen molar-refractivity contribution in [3.05, 3.63) is 54.7 Å². The standard InChI is InChI=1S/C14H14N6O6S/c1-2-26-10-4-3-8(5-9(10)20(24)25)6-15-17-11(21)7-27-13-12(22)16-14(23)19-18-13/h3-6H,2,7H2,1H3,(H,17,21)(H2,16,19,22,23)/b15-6+. The molecule has 0 saturated heterocycles. The van der Waals surface area contributed by atoms with E-state index in [9.17, 15) is 24.5 Å². The molecular formula is C14H14N6O6S. The summed E-state index contributed by atoms with van der Waals surface area (Å²) in [6, 6.07) is 4.25. The van der Waals surface area contributed by atoms with Gasteiger partial charge in [-0.1, -0.05) is 11.8 Å². The maximum Gasteiger partial charge on any atom is 0.342 e. The van der Waals surface area contributed by atoms with Crippen LogP contribution in [0.3, 0.4) is 0 Å². The summed E-state index contributed by atoms with van der Waals surface area (Å²) in [5.74, 6) is -0.578. The molecule has 1 amide bonds. The number of hydrogen-bond donors (Lipinski definition) is 3. The number of nitrogens with zero attached hydrogens (tertiary/aromatic N) is 3. The third-order valence-corrected chi connectivity index (χ3v) is 3.86. The summed E-state index contributed by atoms with van der Waals surface area (Å²) in [5, 5.41) is 20.2. The number of rotatable bonds is 8. The Balaban J connectivity index is 1.95. The largest absolute Gasteiger partial charge is 0.487 e. The lowest BCUT2D eigenvalue weighted by atomic mass is 10.2. The Hall–Kier alpha value is -3.48. The van der Waals surface area contributed by atoms with Crippen LogP contribution in [-0.2, 0) is 4.79 Å². The van der Waals surface area contributed by atoms with Gasteiger partial charge in [-0.25, -0.2) is 15.3 Å². The van der Waals surface area contributed by atoms with Gasteiger partial charge in [-0.05, 0) is 19.1 Å². The van der Waals surface area contributed by atoms with Gasteiger partial charge in [-0.15, -0.1) is 0 Å². The number of hydrogen-bond acceptors (Lipinski definition) is 9.